The minimum atomic E-state index is -5.84. The van der Waals surface area contributed by atoms with Crippen LogP contribution in [0.1, 0.15) is 18.9 Å². The van der Waals surface area contributed by atoms with Crippen LogP contribution in [0.3, 0.4) is 0 Å². The van der Waals surface area contributed by atoms with Crippen LogP contribution in [-0.4, -0.2) is 93.7 Å². The zero-order valence-electron chi connectivity index (χ0n) is 19.9. The summed E-state index contributed by atoms with van der Waals surface area (Å²) in [7, 11) is 1.39. The van der Waals surface area contributed by atoms with E-state index in [0.29, 0.717) is 11.3 Å². The highest BCUT2D eigenvalue weighted by atomic mass is 19.4. The summed E-state index contributed by atoms with van der Waals surface area (Å²) >= 11 is 0. The highest BCUT2D eigenvalue weighted by Crippen LogP contribution is 2.36. The number of alkyl halides is 5. The number of halogens is 5. The fourth-order valence-corrected chi connectivity index (χ4v) is 2.76. The van der Waals surface area contributed by atoms with Crippen molar-refractivity contribution in [2.24, 2.45) is 0 Å². The van der Waals surface area contributed by atoms with Crippen molar-refractivity contribution in [3.05, 3.63) is 29.8 Å². The van der Waals surface area contributed by atoms with Gasteiger partial charge in [0.05, 0.1) is 19.8 Å². The smallest absolute Gasteiger partial charge is 0.482 e. The van der Waals surface area contributed by atoms with Crippen LogP contribution in [0, 0.1) is 0 Å². The van der Waals surface area contributed by atoms with Crippen molar-refractivity contribution in [2.75, 3.05) is 53.2 Å². The van der Waals surface area contributed by atoms with Crippen LogP contribution in [0.2, 0.25) is 0 Å². The number of ether oxygens (including phenoxy) is 5. The number of hydrogen-bond acceptors (Lipinski definition) is 7. The van der Waals surface area contributed by atoms with Gasteiger partial charge in [0.2, 0.25) is 0 Å². The molecule has 0 spiro atoms. The standard InChI is InChI=1S/C22H30F5NO8/c1-3-33-18(19(29)30)15-16-5-7-17(8-6-16)34-12-10-28(20(31)35-14-13-32-2)9-4-11-36-22(26,27)21(23,24)25/h5-8,18H,3-4,9-15H2,1-2H3,(H,29,30). The van der Waals surface area contributed by atoms with E-state index >= 15 is 0 Å². The molecule has 0 heterocycles. The normalized spacial score (nSPS) is 12.8. The molecular weight excluding hydrogens is 501 g/mol. The fourth-order valence-electron chi connectivity index (χ4n) is 2.76. The SMILES string of the molecule is CCOC(Cc1ccc(OCCN(CCCOC(F)(F)C(F)(F)F)C(=O)OCCOC)cc1)C(=O)O. The lowest BCUT2D eigenvalue weighted by molar-refractivity contribution is -0.391. The molecule has 1 amide bonds. The van der Waals surface area contributed by atoms with E-state index in [9.17, 15) is 31.5 Å². The predicted octanol–water partition coefficient (Wildman–Crippen LogP) is 3.74. The molecule has 0 aliphatic carbocycles. The summed E-state index contributed by atoms with van der Waals surface area (Å²) in [6.07, 6.45) is -13.1. The zero-order valence-corrected chi connectivity index (χ0v) is 19.9. The number of rotatable bonds is 17. The maximum atomic E-state index is 12.9. The minimum Gasteiger partial charge on any atom is -0.492 e. The van der Waals surface area contributed by atoms with Crippen LogP contribution in [-0.2, 0) is 30.2 Å². The topological polar surface area (TPSA) is 104 Å². The lowest BCUT2D eigenvalue weighted by Gasteiger charge is -2.23. The van der Waals surface area contributed by atoms with E-state index in [1.165, 1.54) is 7.11 Å². The first-order chi connectivity index (χ1) is 16.9. The van der Waals surface area contributed by atoms with E-state index in [2.05, 4.69) is 4.74 Å². The highest BCUT2D eigenvalue weighted by molar-refractivity contribution is 5.72. The lowest BCUT2D eigenvalue weighted by Crippen LogP contribution is -2.40. The number of hydrogen-bond donors (Lipinski definition) is 1. The molecule has 0 fully saturated rings. The third kappa shape index (κ3) is 11.4. The van der Waals surface area contributed by atoms with Crippen molar-refractivity contribution in [3.63, 3.8) is 0 Å². The van der Waals surface area contributed by atoms with Crippen molar-refractivity contribution in [1.82, 2.24) is 4.90 Å². The third-order valence-electron chi connectivity index (χ3n) is 4.57. The van der Waals surface area contributed by atoms with Gasteiger partial charge in [-0.15, -0.1) is 0 Å². The van der Waals surface area contributed by atoms with Crippen LogP contribution in [0.15, 0.2) is 24.3 Å². The Bertz CT molecular complexity index is 792. The lowest BCUT2D eigenvalue weighted by atomic mass is 10.1. The van der Waals surface area contributed by atoms with Crippen LogP contribution in [0.25, 0.3) is 0 Å². The molecule has 0 aromatic heterocycles. The summed E-state index contributed by atoms with van der Waals surface area (Å²) in [5.74, 6) is -0.676. The molecule has 0 radical (unpaired) electrons. The zero-order chi connectivity index (χ0) is 27.2. The maximum Gasteiger partial charge on any atom is 0.482 e. The number of carbonyl (C=O) groups excluding carboxylic acids is 1. The van der Waals surface area contributed by atoms with Gasteiger partial charge in [0.1, 0.15) is 19.0 Å². The van der Waals surface area contributed by atoms with Gasteiger partial charge in [0, 0.05) is 26.7 Å². The highest BCUT2D eigenvalue weighted by Gasteiger charge is 2.59. The van der Waals surface area contributed by atoms with Crippen LogP contribution >= 0.6 is 0 Å². The van der Waals surface area contributed by atoms with E-state index < -0.39 is 37.1 Å². The van der Waals surface area contributed by atoms with Gasteiger partial charge in [-0.1, -0.05) is 12.1 Å². The number of carboxylic acid groups (broad SMARTS) is 1. The first kappa shape index (κ1) is 31.3. The molecule has 1 atom stereocenters. The minimum absolute atomic E-state index is 0.0466. The van der Waals surface area contributed by atoms with E-state index in [4.69, 9.17) is 24.1 Å². The number of benzene rings is 1. The molecule has 1 N–H and O–H groups in total. The van der Waals surface area contributed by atoms with E-state index in [0.717, 1.165) is 4.90 Å². The number of carboxylic acids is 1. The second-order valence-corrected chi connectivity index (χ2v) is 7.29. The van der Waals surface area contributed by atoms with Crippen LogP contribution in [0.5, 0.6) is 5.75 Å². The van der Waals surface area contributed by atoms with Gasteiger partial charge in [-0.2, -0.15) is 22.0 Å². The van der Waals surface area contributed by atoms with Crippen molar-refractivity contribution >= 4 is 12.1 Å². The Morgan fingerprint density at radius 1 is 1.00 bits per heavy atom. The third-order valence-corrected chi connectivity index (χ3v) is 4.57. The molecule has 9 nitrogen and oxygen atoms in total. The molecule has 0 saturated heterocycles. The molecule has 206 valence electrons. The molecule has 1 aromatic carbocycles. The summed E-state index contributed by atoms with van der Waals surface area (Å²) in [5, 5.41) is 9.16. The van der Waals surface area contributed by atoms with Crippen LogP contribution < -0.4 is 4.74 Å². The van der Waals surface area contributed by atoms with E-state index in [1.807, 2.05) is 0 Å². The molecular formula is C22H30F5NO8. The number of aliphatic carboxylic acids is 1. The van der Waals surface area contributed by atoms with Gasteiger partial charge in [0.25, 0.3) is 0 Å². The Morgan fingerprint density at radius 2 is 1.67 bits per heavy atom. The Morgan fingerprint density at radius 3 is 2.22 bits per heavy atom. The Hall–Kier alpha value is -2.71. The summed E-state index contributed by atoms with van der Waals surface area (Å²) < 4.78 is 86.4. The quantitative estimate of drug-likeness (QED) is 0.240. The van der Waals surface area contributed by atoms with Crippen molar-refractivity contribution in [2.45, 2.75) is 38.2 Å². The summed E-state index contributed by atoms with van der Waals surface area (Å²) in [4.78, 5) is 24.5. The molecule has 0 aliphatic heterocycles. The van der Waals surface area contributed by atoms with E-state index in [-0.39, 0.29) is 52.4 Å². The van der Waals surface area contributed by atoms with Crippen molar-refractivity contribution in [1.29, 1.82) is 0 Å². The fraction of sp³-hybridized carbons (Fsp3) is 0.636. The van der Waals surface area contributed by atoms with Gasteiger partial charge in [-0.3, -0.25) is 0 Å². The number of carbonyl (C=O) groups is 2. The average Bonchev–Trinajstić information content (AvgIpc) is 2.80. The van der Waals surface area contributed by atoms with Crippen molar-refractivity contribution < 1.29 is 60.3 Å². The summed E-state index contributed by atoms with van der Waals surface area (Å²) in [6.45, 7) is 0.675. The monoisotopic (exact) mass is 531 g/mol. The number of amides is 1. The maximum absolute atomic E-state index is 12.9. The number of nitrogens with zero attached hydrogens (tertiary/aromatic N) is 1. The molecule has 36 heavy (non-hydrogen) atoms. The largest absolute Gasteiger partial charge is 0.492 e. The molecule has 1 rings (SSSR count). The average molecular weight is 531 g/mol. The first-order valence-corrected chi connectivity index (χ1v) is 11.0. The van der Waals surface area contributed by atoms with Crippen molar-refractivity contribution in [3.8, 4) is 5.75 Å². The number of methoxy groups -OCH3 is 1. The summed E-state index contributed by atoms with van der Waals surface area (Å²) in [6, 6.07) is 6.49. The molecule has 14 heteroatoms. The van der Waals surface area contributed by atoms with Gasteiger partial charge < -0.3 is 33.7 Å². The molecule has 1 aromatic rings. The molecule has 0 aliphatic rings. The van der Waals surface area contributed by atoms with Gasteiger partial charge in [-0.25, -0.2) is 9.59 Å². The molecule has 0 bridgehead atoms. The van der Waals surface area contributed by atoms with E-state index in [1.54, 1.807) is 31.2 Å². The Balaban J connectivity index is 2.61. The van der Waals surface area contributed by atoms with Gasteiger partial charge >= 0.3 is 24.3 Å². The predicted molar refractivity (Wildman–Crippen MR) is 115 cm³/mol. The Kier molecular flexibility index (Phi) is 13.4. The van der Waals surface area contributed by atoms with Gasteiger partial charge in [0.15, 0.2) is 6.10 Å². The second kappa shape index (κ2) is 15.4. The van der Waals surface area contributed by atoms with Crippen LogP contribution in [0.4, 0.5) is 26.7 Å². The molecule has 1 unspecified atom stereocenters. The van der Waals surface area contributed by atoms with Gasteiger partial charge in [-0.05, 0) is 31.0 Å². The first-order valence-electron chi connectivity index (χ1n) is 11.0. The Labute approximate surface area is 205 Å². The second-order valence-electron chi connectivity index (χ2n) is 7.29. The molecule has 0 saturated carbocycles. The summed E-state index contributed by atoms with van der Waals surface area (Å²) in [5.41, 5.74) is 0.696.